The molecule has 19 heavy (non-hydrogen) atoms. The van der Waals surface area contributed by atoms with Gasteiger partial charge in [0.05, 0.1) is 12.1 Å². The average molecular weight is 274 g/mol. The molecular weight excluding hydrogens is 256 g/mol. The van der Waals surface area contributed by atoms with E-state index in [0.717, 1.165) is 16.3 Å². The molecule has 0 aliphatic heterocycles. The van der Waals surface area contributed by atoms with Gasteiger partial charge in [-0.05, 0) is 20.8 Å². The van der Waals surface area contributed by atoms with Gasteiger partial charge in [-0.15, -0.1) is 11.3 Å². The Morgan fingerprint density at radius 3 is 2.58 bits per heavy atom. The number of amides is 1. The van der Waals surface area contributed by atoms with Crippen LogP contribution in [-0.4, -0.2) is 16.4 Å². The van der Waals surface area contributed by atoms with Crippen LogP contribution in [0.3, 0.4) is 0 Å². The van der Waals surface area contributed by atoms with Crippen LogP contribution in [0.15, 0.2) is 35.7 Å². The van der Waals surface area contributed by atoms with Crippen LogP contribution < -0.4 is 5.32 Å². The van der Waals surface area contributed by atoms with Gasteiger partial charge in [-0.2, -0.15) is 0 Å². The second-order valence-corrected chi connectivity index (χ2v) is 6.34. The number of benzene rings is 1. The average Bonchev–Trinajstić information content (AvgIpc) is 2.76. The Morgan fingerprint density at radius 2 is 1.95 bits per heavy atom. The van der Waals surface area contributed by atoms with E-state index >= 15 is 0 Å². The largest absolute Gasteiger partial charge is 0.351 e. The zero-order valence-corrected chi connectivity index (χ0v) is 12.3. The smallest absolute Gasteiger partial charge is 0.226 e. The van der Waals surface area contributed by atoms with Crippen LogP contribution in [0.4, 0.5) is 0 Å². The maximum Gasteiger partial charge on any atom is 0.226 e. The van der Waals surface area contributed by atoms with E-state index in [4.69, 9.17) is 0 Å². The minimum absolute atomic E-state index is 0.0115. The van der Waals surface area contributed by atoms with Crippen LogP contribution >= 0.6 is 11.3 Å². The van der Waals surface area contributed by atoms with Crippen molar-refractivity contribution in [2.75, 3.05) is 0 Å². The first-order valence-electron chi connectivity index (χ1n) is 6.25. The molecule has 0 bridgehead atoms. The lowest BCUT2D eigenvalue weighted by Crippen LogP contribution is -2.41. The molecule has 0 unspecified atom stereocenters. The summed E-state index contributed by atoms with van der Waals surface area (Å²) in [5.41, 5.74) is 1.72. The summed E-state index contributed by atoms with van der Waals surface area (Å²) in [6.45, 7) is 5.92. The Bertz CT molecular complexity index is 555. The van der Waals surface area contributed by atoms with Crippen LogP contribution in [0.5, 0.6) is 0 Å². The Balaban J connectivity index is 2.04. The Kier molecular flexibility index (Phi) is 4.00. The van der Waals surface area contributed by atoms with Crippen LogP contribution in [0.25, 0.3) is 10.6 Å². The van der Waals surface area contributed by atoms with Gasteiger partial charge in [-0.25, -0.2) is 4.98 Å². The van der Waals surface area contributed by atoms with Gasteiger partial charge in [0.25, 0.3) is 0 Å². The minimum atomic E-state index is -0.199. The standard InChI is InChI=1S/C15H18N2OS/c1-15(2,3)17-13(18)9-12-10-19-14(16-12)11-7-5-4-6-8-11/h4-8,10H,9H2,1-3H3,(H,17,18). The fourth-order valence-electron chi connectivity index (χ4n) is 1.73. The molecule has 0 spiro atoms. The summed E-state index contributed by atoms with van der Waals surface area (Å²) in [6.07, 6.45) is 0.334. The summed E-state index contributed by atoms with van der Waals surface area (Å²) in [6, 6.07) is 10.0. The van der Waals surface area contributed by atoms with E-state index < -0.39 is 0 Å². The highest BCUT2D eigenvalue weighted by Gasteiger charge is 2.15. The number of hydrogen-bond acceptors (Lipinski definition) is 3. The third-order valence-electron chi connectivity index (χ3n) is 2.43. The van der Waals surface area contributed by atoms with Crippen molar-refractivity contribution >= 4 is 17.2 Å². The molecule has 2 aromatic rings. The number of rotatable bonds is 3. The Labute approximate surface area is 117 Å². The first-order chi connectivity index (χ1) is 8.94. The number of nitrogens with one attached hydrogen (secondary N) is 1. The van der Waals surface area contributed by atoms with Crippen molar-refractivity contribution in [2.24, 2.45) is 0 Å². The summed E-state index contributed by atoms with van der Waals surface area (Å²) < 4.78 is 0. The molecule has 3 nitrogen and oxygen atoms in total. The molecule has 0 radical (unpaired) electrons. The third kappa shape index (κ3) is 4.17. The molecule has 0 aliphatic carbocycles. The fourth-order valence-corrected chi connectivity index (χ4v) is 2.55. The lowest BCUT2D eigenvalue weighted by molar-refractivity contribution is -0.121. The monoisotopic (exact) mass is 274 g/mol. The van der Waals surface area contributed by atoms with Gasteiger partial charge in [0.2, 0.25) is 5.91 Å². The van der Waals surface area contributed by atoms with Gasteiger partial charge in [-0.3, -0.25) is 4.79 Å². The number of carbonyl (C=O) groups is 1. The summed E-state index contributed by atoms with van der Waals surface area (Å²) >= 11 is 1.57. The predicted octanol–water partition coefficient (Wildman–Crippen LogP) is 3.27. The van der Waals surface area contributed by atoms with Gasteiger partial charge in [0.15, 0.2) is 0 Å². The first kappa shape index (κ1) is 13.7. The quantitative estimate of drug-likeness (QED) is 0.933. The Hall–Kier alpha value is -1.68. The molecule has 1 N–H and O–H groups in total. The van der Waals surface area contributed by atoms with Crippen LogP contribution in [0.1, 0.15) is 26.5 Å². The second kappa shape index (κ2) is 5.53. The molecule has 1 aromatic heterocycles. The number of hydrogen-bond donors (Lipinski definition) is 1. The molecule has 4 heteroatoms. The van der Waals surface area contributed by atoms with E-state index in [1.54, 1.807) is 11.3 Å². The molecule has 100 valence electrons. The summed E-state index contributed by atoms with van der Waals surface area (Å²) in [5, 5.41) is 5.85. The van der Waals surface area contributed by atoms with Crippen molar-refractivity contribution in [2.45, 2.75) is 32.7 Å². The molecule has 2 rings (SSSR count). The molecule has 0 saturated carbocycles. The highest BCUT2D eigenvalue weighted by Crippen LogP contribution is 2.23. The van der Waals surface area contributed by atoms with Gasteiger partial charge < -0.3 is 5.32 Å². The zero-order valence-electron chi connectivity index (χ0n) is 11.4. The number of aromatic nitrogens is 1. The van der Waals surface area contributed by atoms with Crippen molar-refractivity contribution in [1.82, 2.24) is 10.3 Å². The lowest BCUT2D eigenvalue weighted by Gasteiger charge is -2.20. The van der Waals surface area contributed by atoms with E-state index in [-0.39, 0.29) is 11.4 Å². The highest BCUT2D eigenvalue weighted by molar-refractivity contribution is 7.13. The molecule has 0 fully saturated rings. The molecular formula is C15H18N2OS. The molecule has 0 saturated heterocycles. The van der Waals surface area contributed by atoms with Crippen LogP contribution in [0, 0.1) is 0 Å². The number of thiazole rings is 1. The molecule has 1 amide bonds. The highest BCUT2D eigenvalue weighted by atomic mass is 32.1. The van der Waals surface area contributed by atoms with Gasteiger partial charge in [0.1, 0.15) is 5.01 Å². The van der Waals surface area contributed by atoms with Crippen molar-refractivity contribution < 1.29 is 4.79 Å². The van der Waals surface area contributed by atoms with E-state index in [1.807, 2.05) is 56.5 Å². The van der Waals surface area contributed by atoms with Crippen molar-refractivity contribution in [1.29, 1.82) is 0 Å². The van der Waals surface area contributed by atoms with Crippen molar-refractivity contribution in [3.8, 4) is 10.6 Å². The first-order valence-corrected chi connectivity index (χ1v) is 7.13. The van der Waals surface area contributed by atoms with Crippen LogP contribution in [0.2, 0.25) is 0 Å². The second-order valence-electron chi connectivity index (χ2n) is 5.48. The van der Waals surface area contributed by atoms with E-state index in [0.29, 0.717) is 6.42 Å². The summed E-state index contributed by atoms with van der Waals surface area (Å²) in [4.78, 5) is 16.3. The third-order valence-corrected chi connectivity index (χ3v) is 3.37. The lowest BCUT2D eigenvalue weighted by atomic mass is 10.1. The fraction of sp³-hybridized carbons (Fsp3) is 0.333. The van der Waals surface area contributed by atoms with E-state index in [2.05, 4.69) is 10.3 Å². The zero-order chi connectivity index (χ0) is 13.9. The SMILES string of the molecule is CC(C)(C)NC(=O)Cc1csc(-c2ccccc2)n1. The molecule has 0 atom stereocenters. The normalized spacial score (nSPS) is 11.3. The predicted molar refractivity (Wildman–Crippen MR) is 79.1 cm³/mol. The van der Waals surface area contributed by atoms with Crippen molar-refractivity contribution in [3.05, 3.63) is 41.4 Å². The van der Waals surface area contributed by atoms with Crippen LogP contribution in [-0.2, 0) is 11.2 Å². The summed E-state index contributed by atoms with van der Waals surface area (Å²) in [5.74, 6) is 0.0115. The molecule has 1 aromatic carbocycles. The topological polar surface area (TPSA) is 42.0 Å². The molecule has 1 heterocycles. The molecule has 0 aliphatic rings. The van der Waals surface area contributed by atoms with Gasteiger partial charge in [0, 0.05) is 16.5 Å². The van der Waals surface area contributed by atoms with Gasteiger partial charge >= 0.3 is 0 Å². The Morgan fingerprint density at radius 1 is 1.26 bits per heavy atom. The maximum absolute atomic E-state index is 11.8. The van der Waals surface area contributed by atoms with E-state index in [9.17, 15) is 4.79 Å². The van der Waals surface area contributed by atoms with Crippen molar-refractivity contribution in [3.63, 3.8) is 0 Å². The minimum Gasteiger partial charge on any atom is -0.351 e. The maximum atomic E-state index is 11.8. The number of nitrogens with zero attached hydrogens (tertiary/aromatic N) is 1. The number of carbonyl (C=O) groups excluding carboxylic acids is 1. The van der Waals surface area contributed by atoms with E-state index in [1.165, 1.54) is 0 Å². The summed E-state index contributed by atoms with van der Waals surface area (Å²) in [7, 11) is 0. The van der Waals surface area contributed by atoms with Gasteiger partial charge in [-0.1, -0.05) is 30.3 Å².